The first kappa shape index (κ1) is 12.6. The number of carboxylic acid groups (broad SMARTS) is 1. The van der Waals surface area contributed by atoms with Crippen LogP contribution < -0.4 is 0 Å². The zero-order valence-corrected chi connectivity index (χ0v) is 10.3. The Balaban J connectivity index is 2.01. The minimum atomic E-state index is -1.39. The molecule has 6 nitrogen and oxygen atoms in total. The third-order valence-electron chi connectivity index (χ3n) is 3.22. The van der Waals surface area contributed by atoms with E-state index in [0.29, 0.717) is 24.3 Å². The summed E-state index contributed by atoms with van der Waals surface area (Å²) in [5.74, 6) is -3.22. The van der Waals surface area contributed by atoms with Gasteiger partial charge in [-0.05, 0) is 17.7 Å². The molecule has 0 radical (unpaired) electrons. The highest BCUT2D eigenvalue weighted by atomic mass is 19.1. The average molecular weight is 278 g/mol. The molecule has 1 aliphatic heterocycles. The first-order valence-electron chi connectivity index (χ1n) is 5.94. The van der Waals surface area contributed by atoms with Crippen LogP contribution in [-0.2, 0) is 4.74 Å². The van der Waals surface area contributed by atoms with Crippen LogP contribution in [0.5, 0.6) is 5.75 Å². The Hall–Kier alpha value is -2.41. The van der Waals surface area contributed by atoms with Crippen LogP contribution in [0, 0.1) is 5.82 Å². The zero-order valence-electron chi connectivity index (χ0n) is 10.3. The molecule has 1 saturated heterocycles. The van der Waals surface area contributed by atoms with Gasteiger partial charge >= 0.3 is 5.97 Å². The van der Waals surface area contributed by atoms with Crippen LogP contribution in [0.3, 0.4) is 0 Å². The summed E-state index contributed by atoms with van der Waals surface area (Å²) in [5.41, 5.74) is 0.460. The van der Waals surface area contributed by atoms with Crippen LogP contribution in [0.15, 0.2) is 24.5 Å². The van der Waals surface area contributed by atoms with Crippen LogP contribution in [0.1, 0.15) is 16.4 Å². The molecule has 1 aromatic carbocycles. The van der Waals surface area contributed by atoms with Crippen LogP contribution in [0.25, 0.3) is 11.1 Å². The Labute approximate surface area is 113 Å². The number of carbonyl (C=O) groups is 1. The standard InChI is InChI=1S/C13H11FN2O4/c14-11-2-7(1-10(12(11)17)13(18)19)8-3-15-16(4-8)9-5-20-6-9/h1-4,9,17H,5-6H2,(H,18,19). The van der Waals surface area contributed by atoms with E-state index in [9.17, 15) is 14.3 Å². The first-order valence-corrected chi connectivity index (χ1v) is 5.94. The number of ether oxygens (including phenoxy) is 1. The highest BCUT2D eigenvalue weighted by Gasteiger charge is 2.22. The summed E-state index contributed by atoms with van der Waals surface area (Å²) in [6.45, 7) is 1.15. The van der Waals surface area contributed by atoms with Crippen LogP contribution in [-0.4, -0.2) is 39.2 Å². The lowest BCUT2D eigenvalue weighted by Crippen LogP contribution is -2.30. The highest BCUT2D eigenvalue weighted by molar-refractivity contribution is 5.92. The van der Waals surface area contributed by atoms with Crippen molar-refractivity contribution in [3.8, 4) is 16.9 Å². The molecule has 20 heavy (non-hydrogen) atoms. The van der Waals surface area contributed by atoms with Crippen molar-refractivity contribution in [1.29, 1.82) is 0 Å². The predicted molar refractivity (Wildman–Crippen MR) is 66.1 cm³/mol. The summed E-state index contributed by atoms with van der Waals surface area (Å²) in [6, 6.07) is 2.46. The smallest absolute Gasteiger partial charge is 0.339 e. The fourth-order valence-electron chi connectivity index (χ4n) is 1.99. The number of aromatic nitrogens is 2. The Bertz CT molecular complexity index is 679. The van der Waals surface area contributed by atoms with Gasteiger partial charge in [0.25, 0.3) is 0 Å². The van der Waals surface area contributed by atoms with Crippen LogP contribution in [0.4, 0.5) is 4.39 Å². The lowest BCUT2D eigenvalue weighted by atomic mass is 10.0. The highest BCUT2D eigenvalue weighted by Crippen LogP contribution is 2.29. The van der Waals surface area contributed by atoms with Gasteiger partial charge in [-0.1, -0.05) is 0 Å². The third kappa shape index (κ3) is 2.01. The van der Waals surface area contributed by atoms with E-state index in [0.717, 1.165) is 6.07 Å². The number of halogens is 1. The van der Waals surface area contributed by atoms with Crippen molar-refractivity contribution in [2.75, 3.05) is 13.2 Å². The molecule has 0 spiro atoms. The molecule has 7 heteroatoms. The molecule has 0 bridgehead atoms. The molecule has 1 aliphatic rings. The topological polar surface area (TPSA) is 84.6 Å². The molecule has 0 amide bonds. The normalized spacial score (nSPS) is 15.1. The second-order valence-corrected chi connectivity index (χ2v) is 4.56. The Morgan fingerprint density at radius 1 is 1.40 bits per heavy atom. The molecule has 0 saturated carbocycles. The van der Waals surface area contributed by atoms with Crippen LogP contribution in [0.2, 0.25) is 0 Å². The minimum absolute atomic E-state index is 0.157. The molecule has 0 unspecified atom stereocenters. The van der Waals surface area contributed by atoms with Gasteiger partial charge in [-0.2, -0.15) is 5.10 Å². The van der Waals surface area contributed by atoms with Crippen molar-refractivity contribution in [3.63, 3.8) is 0 Å². The Morgan fingerprint density at radius 3 is 2.75 bits per heavy atom. The van der Waals surface area contributed by atoms with Gasteiger partial charge in [0.15, 0.2) is 11.6 Å². The van der Waals surface area contributed by atoms with Crippen molar-refractivity contribution in [2.24, 2.45) is 0 Å². The summed E-state index contributed by atoms with van der Waals surface area (Å²) < 4.78 is 20.3. The monoisotopic (exact) mass is 278 g/mol. The minimum Gasteiger partial charge on any atom is -0.504 e. The summed E-state index contributed by atoms with van der Waals surface area (Å²) in [7, 11) is 0. The molecule has 1 fully saturated rings. The molecule has 3 rings (SSSR count). The lowest BCUT2D eigenvalue weighted by molar-refractivity contribution is -0.0286. The molecule has 0 aliphatic carbocycles. The number of carboxylic acids is 1. The van der Waals surface area contributed by atoms with Gasteiger partial charge < -0.3 is 14.9 Å². The second-order valence-electron chi connectivity index (χ2n) is 4.56. The average Bonchev–Trinajstić information content (AvgIpc) is 2.79. The maximum Gasteiger partial charge on any atom is 0.339 e. The van der Waals surface area contributed by atoms with Gasteiger partial charge in [-0.25, -0.2) is 9.18 Å². The van der Waals surface area contributed by atoms with Crippen molar-refractivity contribution >= 4 is 5.97 Å². The van der Waals surface area contributed by atoms with Gasteiger partial charge in [0, 0.05) is 11.8 Å². The molecule has 104 valence electrons. The Kier molecular flexibility index (Phi) is 2.90. The number of phenols is 1. The van der Waals surface area contributed by atoms with E-state index >= 15 is 0 Å². The van der Waals surface area contributed by atoms with Crippen LogP contribution >= 0.6 is 0 Å². The van der Waals surface area contributed by atoms with Gasteiger partial charge in [0.05, 0.1) is 25.5 Å². The number of nitrogens with zero attached hydrogens (tertiary/aromatic N) is 2. The van der Waals surface area contributed by atoms with Gasteiger partial charge in [-0.3, -0.25) is 4.68 Å². The SMILES string of the molecule is O=C(O)c1cc(-c2cnn(C3COC3)c2)cc(F)c1O. The number of benzene rings is 1. The van der Waals surface area contributed by atoms with Crippen molar-refractivity contribution < 1.29 is 24.1 Å². The lowest BCUT2D eigenvalue weighted by Gasteiger charge is -2.25. The fraction of sp³-hybridized carbons (Fsp3) is 0.231. The van der Waals surface area contributed by atoms with E-state index < -0.39 is 23.1 Å². The quantitative estimate of drug-likeness (QED) is 0.892. The number of hydrogen-bond acceptors (Lipinski definition) is 4. The molecule has 1 aromatic heterocycles. The maximum absolute atomic E-state index is 13.6. The largest absolute Gasteiger partial charge is 0.504 e. The van der Waals surface area contributed by atoms with E-state index in [-0.39, 0.29) is 6.04 Å². The molecule has 2 N–H and O–H groups in total. The summed E-state index contributed by atoms with van der Waals surface area (Å²) >= 11 is 0. The molecule has 2 aromatic rings. The zero-order chi connectivity index (χ0) is 14.3. The maximum atomic E-state index is 13.6. The van der Waals surface area contributed by atoms with E-state index in [2.05, 4.69) is 5.10 Å². The summed E-state index contributed by atoms with van der Waals surface area (Å²) in [5, 5.41) is 22.5. The van der Waals surface area contributed by atoms with Crippen molar-refractivity contribution in [2.45, 2.75) is 6.04 Å². The van der Waals surface area contributed by atoms with Gasteiger partial charge in [-0.15, -0.1) is 0 Å². The third-order valence-corrected chi connectivity index (χ3v) is 3.22. The van der Waals surface area contributed by atoms with Gasteiger partial charge in [0.1, 0.15) is 5.56 Å². The van der Waals surface area contributed by atoms with E-state index in [1.54, 1.807) is 10.9 Å². The van der Waals surface area contributed by atoms with Gasteiger partial charge in [0.2, 0.25) is 0 Å². The molecular weight excluding hydrogens is 267 g/mol. The molecule has 2 heterocycles. The summed E-state index contributed by atoms with van der Waals surface area (Å²) in [6.07, 6.45) is 3.22. The predicted octanol–water partition coefficient (Wildman–Crippen LogP) is 1.66. The second kappa shape index (κ2) is 4.61. The van der Waals surface area contributed by atoms with E-state index in [4.69, 9.17) is 9.84 Å². The number of rotatable bonds is 3. The number of hydrogen-bond donors (Lipinski definition) is 2. The van der Waals surface area contributed by atoms with Crippen molar-refractivity contribution in [3.05, 3.63) is 35.9 Å². The fourth-order valence-corrected chi connectivity index (χ4v) is 1.99. The van der Waals surface area contributed by atoms with E-state index in [1.807, 2.05) is 0 Å². The molecule has 0 atom stereocenters. The van der Waals surface area contributed by atoms with E-state index in [1.165, 1.54) is 12.3 Å². The Morgan fingerprint density at radius 2 is 2.15 bits per heavy atom. The molecular formula is C13H11FN2O4. The number of aromatic carboxylic acids is 1. The summed E-state index contributed by atoms with van der Waals surface area (Å²) in [4.78, 5) is 11.0. The first-order chi connectivity index (χ1) is 9.56. The number of aromatic hydroxyl groups is 1. The van der Waals surface area contributed by atoms with Crippen molar-refractivity contribution in [1.82, 2.24) is 9.78 Å².